The summed E-state index contributed by atoms with van der Waals surface area (Å²) in [6, 6.07) is 22.6. The summed E-state index contributed by atoms with van der Waals surface area (Å²) in [5, 5.41) is 15.3. The SMILES string of the molecule is O=C(Nc1ccccc1)Nc1ccc(C(=O)N(CCCO)OS(=O)(=O)c2ccc(-c3ccccn3)s2)cc1. The summed E-state index contributed by atoms with van der Waals surface area (Å²) in [6.45, 7) is -0.429. The van der Waals surface area contributed by atoms with E-state index in [1.54, 1.807) is 54.7 Å². The van der Waals surface area contributed by atoms with Crippen molar-refractivity contribution in [3.8, 4) is 10.6 Å². The summed E-state index contributed by atoms with van der Waals surface area (Å²) in [6.07, 6.45) is 1.70. The Bertz CT molecular complexity index is 1480. The Labute approximate surface area is 223 Å². The molecule has 0 aliphatic carbocycles. The van der Waals surface area contributed by atoms with E-state index in [1.165, 1.54) is 30.3 Å². The summed E-state index contributed by atoms with van der Waals surface area (Å²) in [5.41, 5.74) is 1.78. The normalized spacial score (nSPS) is 11.1. The monoisotopic (exact) mass is 552 g/mol. The Balaban J connectivity index is 1.45. The first-order chi connectivity index (χ1) is 18.4. The van der Waals surface area contributed by atoms with Crippen LogP contribution < -0.4 is 10.6 Å². The van der Waals surface area contributed by atoms with Gasteiger partial charge in [-0.25, -0.2) is 4.79 Å². The van der Waals surface area contributed by atoms with Crippen molar-refractivity contribution in [3.05, 3.63) is 96.7 Å². The van der Waals surface area contributed by atoms with Gasteiger partial charge < -0.3 is 15.7 Å². The third-order valence-electron chi connectivity index (χ3n) is 5.10. The van der Waals surface area contributed by atoms with Crippen LogP contribution in [-0.4, -0.2) is 48.7 Å². The first-order valence-electron chi connectivity index (χ1n) is 11.5. The van der Waals surface area contributed by atoms with Crippen LogP contribution in [0.5, 0.6) is 0 Å². The van der Waals surface area contributed by atoms with Crippen LogP contribution in [0.25, 0.3) is 10.6 Å². The van der Waals surface area contributed by atoms with E-state index in [9.17, 15) is 23.1 Å². The number of thiophene rings is 1. The Morgan fingerprint density at radius 2 is 1.58 bits per heavy atom. The molecule has 2 aromatic carbocycles. The highest BCUT2D eigenvalue weighted by Crippen LogP contribution is 2.31. The van der Waals surface area contributed by atoms with Gasteiger partial charge in [0.25, 0.3) is 5.91 Å². The molecule has 0 bridgehead atoms. The second kappa shape index (κ2) is 12.4. The van der Waals surface area contributed by atoms with E-state index >= 15 is 0 Å². The molecular formula is C26H24N4O6S2. The van der Waals surface area contributed by atoms with E-state index in [0.29, 0.717) is 27.0 Å². The lowest BCUT2D eigenvalue weighted by Crippen LogP contribution is -2.34. The number of nitrogens with one attached hydrogen (secondary N) is 2. The van der Waals surface area contributed by atoms with Gasteiger partial charge in [-0.05, 0) is 67.1 Å². The first kappa shape index (κ1) is 26.9. The van der Waals surface area contributed by atoms with Gasteiger partial charge in [0, 0.05) is 29.7 Å². The molecule has 10 nitrogen and oxygen atoms in total. The number of nitrogens with zero attached hydrogens (tertiary/aromatic N) is 2. The predicted octanol–water partition coefficient (Wildman–Crippen LogP) is 4.60. The van der Waals surface area contributed by atoms with Crippen molar-refractivity contribution >= 4 is 44.8 Å². The molecule has 4 rings (SSSR count). The molecule has 0 spiro atoms. The van der Waals surface area contributed by atoms with Crippen molar-refractivity contribution in [1.82, 2.24) is 10.0 Å². The lowest BCUT2D eigenvalue weighted by Gasteiger charge is -2.20. The molecule has 3 amide bonds. The lowest BCUT2D eigenvalue weighted by molar-refractivity contribution is -0.0303. The molecule has 0 radical (unpaired) electrons. The average Bonchev–Trinajstić information content (AvgIpc) is 3.44. The number of carbonyl (C=O) groups excluding carboxylic acids is 2. The fourth-order valence-electron chi connectivity index (χ4n) is 3.30. The maximum Gasteiger partial charge on any atom is 0.327 e. The maximum absolute atomic E-state index is 13.1. The number of hydrogen-bond acceptors (Lipinski definition) is 8. The molecule has 0 unspecified atom stereocenters. The van der Waals surface area contributed by atoms with Gasteiger partial charge in [-0.3, -0.25) is 9.78 Å². The number of para-hydroxylation sites is 1. The minimum Gasteiger partial charge on any atom is -0.396 e. The van der Waals surface area contributed by atoms with Crippen LogP contribution >= 0.6 is 11.3 Å². The molecule has 2 heterocycles. The van der Waals surface area contributed by atoms with Gasteiger partial charge in [0.1, 0.15) is 4.21 Å². The van der Waals surface area contributed by atoms with Gasteiger partial charge >= 0.3 is 16.1 Å². The van der Waals surface area contributed by atoms with Crippen LogP contribution in [0.3, 0.4) is 0 Å². The predicted molar refractivity (Wildman–Crippen MR) is 144 cm³/mol. The average molecular weight is 553 g/mol. The second-order valence-electron chi connectivity index (χ2n) is 7.87. The number of rotatable bonds is 10. The number of aliphatic hydroxyl groups excluding tert-OH is 1. The van der Waals surface area contributed by atoms with E-state index in [2.05, 4.69) is 15.6 Å². The molecule has 38 heavy (non-hydrogen) atoms. The Hall–Kier alpha value is -4.10. The van der Waals surface area contributed by atoms with Crippen LogP contribution in [0.1, 0.15) is 16.8 Å². The number of carbonyl (C=O) groups is 2. The highest BCUT2D eigenvalue weighted by Gasteiger charge is 2.27. The van der Waals surface area contributed by atoms with Gasteiger partial charge in [-0.2, -0.15) is 13.5 Å². The van der Waals surface area contributed by atoms with Crippen molar-refractivity contribution in [1.29, 1.82) is 0 Å². The zero-order valence-corrected chi connectivity index (χ0v) is 21.6. The molecule has 0 saturated heterocycles. The molecule has 4 aromatic rings. The van der Waals surface area contributed by atoms with Crippen LogP contribution in [-0.2, 0) is 14.4 Å². The zero-order chi connectivity index (χ0) is 27.0. The van der Waals surface area contributed by atoms with Crippen molar-refractivity contribution in [3.63, 3.8) is 0 Å². The number of hydrogen-bond donors (Lipinski definition) is 3. The van der Waals surface area contributed by atoms with Crippen LogP contribution in [0.4, 0.5) is 16.2 Å². The van der Waals surface area contributed by atoms with Crippen LogP contribution in [0.15, 0.2) is 95.3 Å². The fourth-order valence-corrected chi connectivity index (χ4v) is 5.47. The van der Waals surface area contributed by atoms with Gasteiger partial charge in [0.05, 0.1) is 17.1 Å². The number of benzene rings is 2. The lowest BCUT2D eigenvalue weighted by atomic mass is 10.2. The topological polar surface area (TPSA) is 138 Å². The number of urea groups is 1. The molecular weight excluding hydrogens is 528 g/mol. The smallest absolute Gasteiger partial charge is 0.327 e. The molecule has 0 saturated carbocycles. The van der Waals surface area contributed by atoms with E-state index in [4.69, 9.17) is 4.28 Å². The van der Waals surface area contributed by atoms with Crippen LogP contribution in [0, 0.1) is 0 Å². The molecule has 12 heteroatoms. The minimum absolute atomic E-state index is 0.0936. The van der Waals surface area contributed by atoms with E-state index in [0.717, 1.165) is 11.3 Å². The van der Waals surface area contributed by atoms with Gasteiger partial charge in [-0.15, -0.1) is 15.6 Å². The summed E-state index contributed by atoms with van der Waals surface area (Å²) in [4.78, 5) is 30.1. The number of hydroxylamine groups is 2. The van der Waals surface area contributed by atoms with E-state index in [1.807, 2.05) is 6.07 Å². The molecule has 0 fully saturated rings. The molecule has 0 aliphatic rings. The summed E-state index contributed by atoms with van der Waals surface area (Å²) in [5.74, 6) is -0.719. The van der Waals surface area contributed by atoms with Crippen LogP contribution in [0.2, 0.25) is 0 Å². The largest absolute Gasteiger partial charge is 0.396 e. The molecule has 3 N–H and O–H groups in total. The summed E-state index contributed by atoms with van der Waals surface area (Å²) < 4.78 is 31.1. The maximum atomic E-state index is 13.1. The fraction of sp³-hybridized carbons (Fsp3) is 0.115. The third-order valence-corrected chi connectivity index (χ3v) is 7.87. The highest BCUT2D eigenvalue weighted by molar-refractivity contribution is 7.89. The van der Waals surface area contributed by atoms with Crippen molar-refractivity contribution in [2.45, 2.75) is 10.6 Å². The Kier molecular flexibility index (Phi) is 8.81. The Morgan fingerprint density at radius 3 is 2.24 bits per heavy atom. The number of anilines is 2. The Morgan fingerprint density at radius 1 is 0.895 bits per heavy atom. The molecule has 196 valence electrons. The highest BCUT2D eigenvalue weighted by atomic mass is 32.3. The summed E-state index contributed by atoms with van der Waals surface area (Å²) >= 11 is 0.965. The van der Waals surface area contributed by atoms with Crippen molar-refractivity contribution in [2.24, 2.45) is 0 Å². The number of amides is 3. The zero-order valence-electron chi connectivity index (χ0n) is 20.0. The molecule has 0 atom stereocenters. The number of pyridine rings is 1. The quantitative estimate of drug-likeness (QED) is 0.245. The number of aliphatic hydroxyl groups is 1. The summed E-state index contributed by atoms with van der Waals surface area (Å²) in [7, 11) is -4.33. The standard InChI is InChI=1S/C26H24N4O6S2/c31-18-6-17-30(36-38(34,35)24-15-14-23(37-24)22-9-4-5-16-27-22)25(32)19-10-12-21(13-11-19)29-26(33)28-20-7-2-1-3-8-20/h1-5,7-16,31H,6,17-18H2,(H2,28,29,33). The van der Waals surface area contributed by atoms with Gasteiger partial charge in [0.2, 0.25) is 0 Å². The third kappa shape index (κ3) is 7.01. The van der Waals surface area contributed by atoms with Gasteiger partial charge in [-0.1, -0.05) is 24.3 Å². The van der Waals surface area contributed by atoms with E-state index < -0.39 is 22.1 Å². The number of aromatic nitrogens is 1. The molecule has 2 aromatic heterocycles. The van der Waals surface area contributed by atoms with Crippen molar-refractivity contribution in [2.75, 3.05) is 23.8 Å². The second-order valence-corrected chi connectivity index (χ2v) is 10.7. The van der Waals surface area contributed by atoms with Crippen molar-refractivity contribution < 1.29 is 27.4 Å². The molecule has 0 aliphatic heterocycles. The minimum atomic E-state index is -4.33. The van der Waals surface area contributed by atoms with Gasteiger partial charge in [0.15, 0.2) is 0 Å². The van der Waals surface area contributed by atoms with E-state index in [-0.39, 0.29) is 29.3 Å². The first-order valence-corrected chi connectivity index (χ1v) is 13.7.